The highest BCUT2D eigenvalue weighted by molar-refractivity contribution is 6.63. The van der Waals surface area contributed by atoms with Crippen LogP contribution in [0.3, 0.4) is 0 Å². The molecule has 4 heteroatoms. The molecule has 1 aromatic heterocycles. The zero-order valence-corrected chi connectivity index (χ0v) is 13.4. The molecule has 0 radical (unpaired) electrons. The van der Waals surface area contributed by atoms with Crippen molar-refractivity contribution in [3.63, 3.8) is 0 Å². The first-order valence-corrected chi connectivity index (χ1v) is 7.16. The van der Waals surface area contributed by atoms with Gasteiger partial charge in [-0.1, -0.05) is 17.7 Å². The second kappa shape index (κ2) is 5.86. The van der Waals surface area contributed by atoms with Crippen LogP contribution in [0, 0.1) is 27.7 Å². The van der Waals surface area contributed by atoms with Crippen LogP contribution in [-0.4, -0.2) is 9.81 Å². The highest BCUT2D eigenvalue weighted by atomic mass is 35.5. The third-order valence-electron chi connectivity index (χ3n) is 3.53. The maximum atomic E-state index is 12.0. The highest BCUT2D eigenvalue weighted by Gasteiger charge is 2.12. The van der Waals surface area contributed by atoms with E-state index in [-0.39, 0.29) is 11.8 Å². The van der Waals surface area contributed by atoms with E-state index in [9.17, 15) is 9.59 Å². The summed E-state index contributed by atoms with van der Waals surface area (Å²) in [4.78, 5) is 23.1. The lowest BCUT2D eigenvalue weighted by Gasteiger charge is -2.18. The van der Waals surface area contributed by atoms with Gasteiger partial charge >= 0.3 is 0 Å². The molecule has 0 atom stereocenters. The van der Waals surface area contributed by atoms with E-state index in [0.717, 1.165) is 22.5 Å². The predicted molar refractivity (Wildman–Crippen MR) is 85.6 cm³/mol. The Morgan fingerprint density at radius 2 is 1.67 bits per heavy atom. The SMILES string of the molecule is Cc1cc(C)c(-n2cc(CC(=O)Cl)c(=O)cc2C)c(C)c1. The molecule has 0 N–H and O–H groups in total. The number of hydrogen-bond donors (Lipinski definition) is 0. The molecule has 0 aliphatic heterocycles. The van der Waals surface area contributed by atoms with Crippen LogP contribution in [0.4, 0.5) is 0 Å². The first kappa shape index (κ1) is 15.5. The molecule has 21 heavy (non-hydrogen) atoms. The van der Waals surface area contributed by atoms with Crippen LogP contribution in [0.25, 0.3) is 5.69 Å². The van der Waals surface area contributed by atoms with E-state index >= 15 is 0 Å². The molecule has 0 aliphatic carbocycles. The number of carbonyl (C=O) groups excluding carboxylic acids is 1. The summed E-state index contributed by atoms with van der Waals surface area (Å²) >= 11 is 5.42. The minimum Gasteiger partial charge on any atom is -0.320 e. The van der Waals surface area contributed by atoms with Crippen LogP contribution in [0.15, 0.2) is 29.2 Å². The molecule has 0 spiro atoms. The van der Waals surface area contributed by atoms with Gasteiger partial charge in [-0.15, -0.1) is 0 Å². The van der Waals surface area contributed by atoms with Crippen LogP contribution in [0.5, 0.6) is 0 Å². The summed E-state index contributed by atoms with van der Waals surface area (Å²) in [6.45, 7) is 8.02. The normalized spacial score (nSPS) is 10.7. The van der Waals surface area contributed by atoms with Crippen molar-refractivity contribution < 1.29 is 4.79 Å². The van der Waals surface area contributed by atoms with Crippen LogP contribution in [0.2, 0.25) is 0 Å². The third-order valence-corrected chi connectivity index (χ3v) is 3.66. The van der Waals surface area contributed by atoms with Crippen molar-refractivity contribution in [3.8, 4) is 5.69 Å². The smallest absolute Gasteiger partial charge is 0.226 e. The van der Waals surface area contributed by atoms with E-state index in [1.54, 1.807) is 12.3 Å². The Kier molecular flexibility index (Phi) is 4.33. The molecule has 2 aromatic rings. The fraction of sp³-hybridized carbons (Fsp3) is 0.294. The van der Waals surface area contributed by atoms with Crippen molar-refractivity contribution in [2.75, 3.05) is 0 Å². The van der Waals surface area contributed by atoms with Crippen molar-refractivity contribution in [3.05, 3.63) is 62.6 Å². The Bertz CT molecular complexity index is 752. The first-order valence-electron chi connectivity index (χ1n) is 6.78. The molecule has 3 nitrogen and oxygen atoms in total. The molecule has 0 unspecified atom stereocenters. The lowest BCUT2D eigenvalue weighted by atomic mass is 10.0. The van der Waals surface area contributed by atoms with E-state index in [1.165, 1.54) is 5.56 Å². The van der Waals surface area contributed by atoms with Gasteiger partial charge in [0.25, 0.3) is 0 Å². The van der Waals surface area contributed by atoms with E-state index in [4.69, 9.17) is 11.6 Å². The number of rotatable bonds is 3. The van der Waals surface area contributed by atoms with Gasteiger partial charge in [0, 0.05) is 23.5 Å². The number of benzene rings is 1. The van der Waals surface area contributed by atoms with Gasteiger partial charge in [-0.3, -0.25) is 9.59 Å². The Morgan fingerprint density at radius 1 is 1.10 bits per heavy atom. The Balaban J connectivity index is 2.70. The summed E-state index contributed by atoms with van der Waals surface area (Å²) in [6, 6.07) is 5.76. The van der Waals surface area contributed by atoms with Gasteiger partial charge < -0.3 is 4.57 Å². The maximum Gasteiger partial charge on any atom is 0.226 e. The van der Waals surface area contributed by atoms with Gasteiger partial charge in [0.2, 0.25) is 5.24 Å². The molecule has 0 bridgehead atoms. The molecule has 0 aliphatic rings. The molecular weight excluding hydrogens is 286 g/mol. The average molecular weight is 304 g/mol. The molecular formula is C17H18ClNO2. The van der Waals surface area contributed by atoms with E-state index in [0.29, 0.717) is 5.56 Å². The van der Waals surface area contributed by atoms with Crippen molar-refractivity contribution in [2.45, 2.75) is 34.1 Å². The Morgan fingerprint density at radius 3 is 2.19 bits per heavy atom. The monoisotopic (exact) mass is 303 g/mol. The summed E-state index contributed by atoms with van der Waals surface area (Å²) in [6.07, 6.45) is 1.67. The fourth-order valence-corrected chi connectivity index (χ4v) is 2.89. The quantitative estimate of drug-likeness (QED) is 0.815. The minimum atomic E-state index is -0.528. The molecule has 0 amide bonds. The number of hydrogen-bond acceptors (Lipinski definition) is 2. The lowest BCUT2D eigenvalue weighted by Crippen LogP contribution is -2.17. The second-order valence-corrected chi connectivity index (χ2v) is 5.88. The molecule has 0 saturated carbocycles. The predicted octanol–water partition coefficient (Wildman–Crippen LogP) is 3.38. The van der Waals surface area contributed by atoms with E-state index in [1.807, 2.05) is 25.3 Å². The standard InChI is InChI=1S/C17H18ClNO2/c1-10-5-11(2)17(12(3)6-10)19-9-14(8-16(18)21)15(20)7-13(19)4/h5-7,9H,8H2,1-4H3. The number of pyridine rings is 1. The third kappa shape index (κ3) is 3.24. The maximum absolute atomic E-state index is 12.0. The lowest BCUT2D eigenvalue weighted by molar-refractivity contribution is -0.111. The minimum absolute atomic E-state index is 0.0510. The summed E-state index contributed by atoms with van der Waals surface area (Å²) in [7, 11) is 0. The summed E-state index contributed by atoms with van der Waals surface area (Å²) < 4.78 is 1.96. The van der Waals surface area contributed by atoms with Crippen LogP contribution in [0.1, 0.15) is 27.9 Å². The molecule has 110 valence electrons. The number of nitrogens with zero attached hydrogens (tertiary/aromatic N) is 1. The Labute approximate surface area is 129 Å². The molecule has 0 saturated heterocycles. The second-order valence-electron chi connectivity index (χ2n) is 5.45. The average Bonchev–Trinajstić information content (AvgIpc) is 2.32. The van der Waals surface area contributed by atoms with E-state index < -0.39 is 5.24 Å². The van der Waals surface area contributed by atoms with Gasteiger partial charge in [-0.05, 0) is 50.4 Å². The highest BCUT2D eigenvalue weighted by Crippen LogP contribution is 2.22. The fourth-order valence-electron chi connectivity index (χ4n) is 2.75. The van der Waals surface area contributed by atoms with Crippen LogP contribution < -0.4 is 5.43 Å². The van der Waals surface area contributed by atoms with Crippen molar-refractivity contribution in [2.24, 2.45) is 0 Å². The van der Waals surface area contributed by atoms with Gasteiger partial charge in [-0.25, -0.2) is 0 Å². The summed E-state index contributed by atoms with van der Waals surface area (Å²) in [5.41, 5.74) is 5.59. The van der Waals surface area contributed by atoms with Crippen LogP contribution >= 0.6 is 11.6 Å². The zero-order valence-electron chi connectivity index (χ0n) is 12.7. The largest absolute Gasteiger partial charge is 0.320 e. The van der Waals surface area contributed by atoms with Crippen molar-refractivity contribution in [1.29, 1.82) is 0 Å². The number of halogens is 1. The zero-order chi connectivity index (χ0) is 15.7. The first-order chi connectivity index (χ1) is 9.79. The van der Waals surface area contributed by atoms with Gasteiger partial charge in [0.05, 0.1) is 12.1 Å². The van der Waals surface area contributed by atoms with E-state index in [2.05, 4.69) is 19.1 Å². The van der Waals surface area contributed by atoms with Crippen LogP contribution in [-0.2, 0) is 11.2 Å². The molecule has 0 fully saturated rings. The van der Waals surface area contributed by atoms with Crippen molar-refractivity contribution >= 4 is 16.8 Å². The molecule has 2 rings (SSSR count). The topological polar surface area (TPSA) is 39.1 Å². The van der Waals surface area contributed by atoms with Gasteiger partial charge in [0.15, 0.2) is 5.43 Å². The molecule has 1 heterocycles. The number of aryl methyl sites for hydroxylation is 4. The summed E-state index contributed by atoms with van der Waals surface area (Å²) in [5, 5.41) is -0.528. The molecule has 1 aromatic carbocycles. The van der Waals surface area contributed by atoms with Crippen molar-refractivity contribution in [1.82, 2.24) is 4.57 Å². The summed E-state index contributed by atoms with van der Waals surface area (Å²) in [5.74, 6) is 0. The number of aromatic nitrogens is 1. The number of carbonyl (C=O) groups is 1. The van der Waals surface area contributed by atoms with Gasteiger partial charge in [-0.2, -0.15) is 0 Å². The van der Waals surface area contributed by atoms with Gasteiger partial charge in [0.1, 0.15) is 0 Å². The Hall–Kier alpha value is -1.87.